The van der Waals surface area contributed by atoms with Crippen molar-refractivity contribution in [3.05, 3.63) is 30.1 Å². The lowest BCUT2D eigenvalue weighted by Gasteiger charge is -2.13. The summed E-state index contributed by atoms with van der Waals surface area (Å²) in [6.07, 6.45) is 3.42. The van der Waals surface area contributed by atoms with Gasteiger partial charge in [0.05, 0.1) is 11.3 Å². The normalized spacial score (nSPS) is 19.1. The molecule has 1 aliphatic heterocycles. The third-order valence-electron chi connectivity index (χ3n) is 2.23. The van der Waals surface area contributed by atoms with E-state index in [0.717, 1.165) is 4.31 Å². The second-order valence-electron chi connectivity index (χ2n) is 3.29. The van der Waals surface area contributed by atoms with Crippen LogP contribution in [-0.4, -0.2) is 35.9 Å². The lowest BCUT2D eigenvalue weighted by atomic mass is 10.2. The summed E-state index contributed by atoms with van der Waals surface area (Å²) in [6, 6.07) is 3.17. The predicted octanol–water partition coefficient (Wildman–Crippen LogP) is 0.257. The van der Waals surface area contributed by atoms with Crippen LogP contribution in [0.15, 0.2) is 24.5 Å². The third kappa shape index (κ3) is 1.85. The first-order valence-electron chi connectivity index (χ1n) is 4.56. The molecule has 2 heterocycles. The van der Waals surface area contributed by atoms with Crippen molar-refractivity contribution in [1.82, 2.24) is 9.29 Å². The zero-order valence-corrected chi connectivity index (χ0v) is 8.77. The van der Waals surface area contributed by atoms with Crippen molar-refractivity contribution in [3.63, 3.8) is 0 Å². The van der Waals surface area contributed by atoms with Crippen LogP contribution in [0.2, 0.25) is 0 Å². The van der Waals surface area contributed by atoms with Crippen molar-refractivity contribution in [2.45, 2.75) is 6.42 Å². The maximum absolute atomic E-state index is 11.8. The fourth-order valence-corrected chi connectivity index (χ4v) is 2.98. The van der Waals surface area contributed by atoms with Crippen molar-refractivity contribution >= 4 is 15.9 Å². The molecule has 0 saturated carbocycles. The Bertz CT molecular complexity index is 469. The summed E-state index contributed by atoms with van der Waals surface area (Å²) in [5.41, 5.74) is 0.308. The minimum atomic E-state index is -3.38. The summed E-state index contributed by atoms with van der Waals surface area (Å²) < 4.78 is 23.8. The molecule has 1 amide bonds. The van der Waals surface area contributed by atoms with Gasteiger partial charge in [-0.25, -0.2) is 12.7 Å². The number of carbonyl (C=O) groups excluding carboxylic acids is 1. The van der Waals surface area contributed by atoms with Gasteiger partial charge in [0, 0.05) is 18.9 Å². The fraction of sp³-hybridized carbons (Fsp3) is 0.333. The zero-order valence-electron chi connectivity index (χ0n) is 7.96. The minimum absolute atomic E-state index is 0.0546. The molecule has 80 valence electrons. The number of rotatable bonds is 1. The molecular formula is C9H10N2O3S. The van der Waals surface area contributed by atoms with Crippen LogP contribution in [0, 0.1) is 0 Å². The van der Waals surface area contributed by atoms with Gasteiger partial charge >= 0.3 is 0 Å². The minimum Gasteiger partial charge on any atom is -0.268 e. The number of carbonyl (C=O) groups is 1. The van der Waals surface area contributed by atoms with E-state index in [0.29, 0.717) is 12.0 Å². The smallest absolute Gasteiger partial charge is 0.268 e. The average molecular weight is 226 g/mol. The Hall–Kier alpha value is -1.43. The number of nitrogens with zero attached hydrogens (tertiary/aromatic N) is 2. The summed E-state index contributed by atoms with van der Waals surface area (Å²) >= 11 is 0. The first-order chi connectivity index (χ1) is 7.11. The van der Waals surface area contributed by atoms with E-state index in [1.165, 1.54) is 12.4 Å². The van der Waals surface area contributed by atoms with E-state index in [1.54, 1.807) is 12.1 Å². The molecule has 0 spiro atoms. The third-order valence-corrected chi connectivity index (χ3v) is 4.06. The van der Waals surface area contributed by atoms with Gasteiger partial charge in [-0.3, -0.25) is 9.78 Å². The molecule has 2 rings (SSSR count). The Morgan fingerprint density at radius 2 is 2.27 bits per heavy atom. The Morgan fingerprint density at radius 1 is 1.47 bits per heavy atom. The topological polar surface area (TPSA) is 67.3 Å². The molecule has 0 bridgehead atoms. The molecule has 0 unspecified atom stereocenters. The van der Waals surface area contributed by atoms with Gasteiger partial charge in [0.2, 0.25) is 10.0 Å². The Balaban J connectivity index is 2.30. The van der Waals surface area contributed by atoms with Gasteiger partial charge in [-0.2, -0.15) is 0 Å². The molecule has 1 aromatic heterocycles. The summed E-state index contributed by atoms with van der Waals surface area (Å²) in [4.78, 5) is 15.6. The van der Waals surface area contributed by atoms with Crippen LogP contribution in [0.1, 0.15) is 16.8 Å². The molecule has 0 aliphatic carbocycles. The second-order valence-corrected chi connectivity index (χ2v) is 5.30. The van der Waals surface area contributed by atoms with Crippen molar-refractivity contribution < 1.29 is 13.2 Å². The first-order valence-corrected chi connectivity index (χ1v) is 6.17. The van der Waals surface area contributed by atoms with Gasteiger partial charge in [-0.1, -0.05) is 0 Å². The van der Waals surface area contributed by atoms with E-state index in [2.05, 4.69) is 4.98 Å². The monoisotopic (exact) mass is 226 g/mol. The summed E-state index contributed by atoms with van der Waals surface area (Å²) in [7, 11) is -3.38. The largest absolute Gasteiger partial charge is 0.268 e. The molecule has 1 aliphatic rings. The van der Waals surface area contributed by atoms with E-state index in [9.17, 15) is 13.2 Å². The number of pyridine rings is 1. The van der Waals surface area contributed by atoms with Gasteiger partial charge in [-0.05, 0) is 18.6 Å². The standard InChI is InChI=1S/C9H10N2O3S/c12-9(8-3-1-4-10-7-8)11-5-2-6-15(11,13)14/h1,3-4,7H,2,5-6H2. The van der Waals surface area contributed by atoms with Crippen molar-refractivity contribution in [3.8, 4) is 0 Å². The predicted molar refractivity (Wildman–Crippen MR) is 53.7 cm³/mol. The van der Waals surface area contributed by atoms with Crippen LogP contribution in [0.25, 0.3) is 0 Å². The molecule has 1 saturated heterocycles. The molecule has 0 N–H and O–H groups in total. The Kier molecular flexibility index (Phi) is 2.44. The molecule has 6 heteroatoms. The molecule has 1 fully saturated rings. The average Bonchev–Trinajstić information content (AvgIpc) is 2.58. The summed E-state index contributed by atoms with van der Waals surface area (Å²) in [5, 5.41) is 0. The van der Waals surface area contributed by atoms with Crippen LogP contribution in [0.4, 0.5) is 0 Å². The summed E-state index contributed by atoms with van der Waals surface area (Å²) in [6.45, 7) is 0.274. The van der Waals surface area contributed by atoms with Crippen LogP contribution in [0.3, 0.4) is 0 Å². The SMILES string of the molecule is O=C(c1cccnc1)N1CCCS1(=O)=O. The molecule has 0 aromatic carbocycles. The molecular weight excluding hydrogens is 216 g/mol. The fourth-order valence-electron chi connectivity index (χ4n) is 1.50. The highest BCUT2D eigenvalue weighted by atomic mass is 32.2. The van der Waals surface area contributed by atoms with E-state index in [4.69, 9.17) is 0 Å². The Morgan fingerprint density at radius 3 is 2.80 bits per heavy atom. The van der Waals surface area contributed by atoms with E-state index in [1.807, 2.05) is 0 Å². The van der Waals surface area contributed by atoms with Gasteiger partial charge in [0.1, 0.15) is 0 Å². The van der Waals surface area contributed by atoms with Gasteiger partial charge in [0.15, 0.2) is 0 Å². The number of hydrogen-bond donors (Lipinski definition) is 0. The van der Waals surface area contributed by atoms with Gasteiger partial charge < -0.3 is 0 Å². The van der Waals surface area contributed by atoms with E-state index in [-0.39, 0.29) is 12.3 Å². The quantitative estimate of drug-likeness (QED) is 0.688. The van der Waals surface area contributed by atoms with Crippen molar-refractivity contribution in [1.29, 1.82) is 0 Å². The first kappa shape index (κ1) is 10.1. The van der Waals surface area contributed by atoms with Crippen molar-refractivity contribution in [2.24, 2.45) is 0 Å². The van der Waals surface area contributed by atoms with Crippen LogP contribution in [-0.2, 0) is 10.0 Å². The van der Waals surface area contributed by atoms with E-state index >= 15 is 0 Å². The zero-order chi connectivity index (χ0) is 10.9. The molecule has 15 heavy (non-hydrogen) atoms. The van der Waals surface area contributed by atoms with Crippen molar-refractivity contribution in [2.75, 3.05) is 12.3 Å². The van der Waals surface area contributed by atoms with Crippen LogP contribution in [0.5, 0.6) is 0 Å². The van der Waals surface area contributed by atoms with Gasteiger partial charge in [-0.15, -0.1) is 0 Å². The number of hydrogen-bond acceptors (Lipinski definition) is 4. The lowest BCUT2D eigenvalue weighted by molar-refractivity contribution is 0.0869. The van der Waals surface area contributed by atoms with E-state index < -0.39 is 15.9 Å². The number of amides is 1. The molecule has 5 nitrogen and oxygen atoms in total. The molecule has 1 aromatic rings. The summed E-state index contributed by atoms with van der Waals surface area (Å²) in [5.74, 6) is -0.431. The molecule has 0 atom stereocenters. The highest BCUT2D eigenvalue weighted by Gasteiger charge is 2.32. The number of aromatic nitrogens is 1. The van der Waals surface area contributed by atoms with Crippen LogP contribution < -0.4 is 0 Å². The van der Waals surface area contributed by atoms with Gasteiger partial charge in [0.25, 0.3) is 5.91 Å². The highest BCUT2D eigenvalue weighted by Crippen LogP contribution is 2.16. The molecule has 0 radical (unpaired) electrons. The maximum Gasteiger partial charge on any atom is 0.268 e. The lowest BCUT2D eigenvalue weighted by Crippen LogP contribution is -2.32. The highest BCUT2D eigenvalue weighted by molar-refractivity contribution is 7.89. The second kappa shape index (κ2) is 3.62. The Labute approximate surface area is 87.8 Å². The van der Waals surface area contributed by atoms with Crippen LogP contribution >= 0.6 is 0 Å². The number of sulfonamides is 1. The maximum atomic E-state index is 11.8.